The molecule has 0 aromatic heterocycles. The number of amides is 2. The minimum atomic E-state index is -0.612. The van der Waals surface area contributed by atoms with Crippen LogP contribution in [0.3, 0.4) is 0 Å². The number of esters is 1. The number of nitrogens with two attached hydrogens (primary N) is 1. The van der Waals surface area contributed by atoms with E-state index in [2.05, 4.69) is 17.6 Å². The molecule has 0 bridgehead atoms. The predicted molar refractivity (Wildman–Crippen MR) is 134 cm³/mol. The fourth-order valence-electron chi connectivity index (χ4n) is 4.17. The van der Waals surface area contributed by atoms with Crippen LogP contribution in [0.5, 0.6) is 0 Å². The summed E-state index contributed by atoms with van der Waals surface area (Å²) in [4.78, 5) is 41.5. The van der Waals surface area contributed by atoms with E-state index in [-0.39, 0.29) is 61.0 Å². The predicted octanol–water partition coefficient (Wildman–Crippen LogP) is 1.22. The highest BCUT2D eigenvalue weighted by molar-refractivity contribution is 5.89. The van der Waals surface area contributed by atoms with Crippen LogP contribution in [0.1, 0.15) is 65.2 Å². The van der Waals surface area contributed by atoms with Crippen LogP contribution in [0.2, 0.25) is 0 Å². The van der Waals surface area contributed by atoms with Gasteiger partial charge in [-0.15, -0.1) is 12.4 Å². The van der Waals surface area contributed by atoms with E-state index in [1.807, 2.05) is 4.90 Å². The molecular weight excluding hydrogens is 460 g/mol. The molecule has 2 amide bonds. The Morgan fingerprint density at radius 1 is 1.24 bits per heavy atom. The Kier molecular flexibility index (Phi) is 13.9. The van der Waals surface area contributed by atoms with Gasteiger partial charge in [0.1, 0.15) is 0 Å². The fraction of sp³-hybridized carbons (Fsp3) is 0.826. The van der Waals surface area contributed by atoms with Crippen LogP contribution in [0.4, 0.5) is 0 Å². The summed E-state index contributed by atoms with van der Waals surface area (Å²) in [6.45, 7) is 7.09. The molecule has 0 spiro atoms. The molecule has 1 saturated heterocycles. The summed E-state index contributed by atoms with van der Waals surface area (Å²) < 4.78 is 5.01. The van der Waals surface area contributed by atoms with Crippen LogP contribution in [0.15, 0.2) is 0 Å². The first-order valence-corrected chi connectivity index (χ1v) is 12.4. The van der Waals surface area contributed by atoms with Gasteiger partial charge in [0.05, 0.1) is 25.5 Å². The average Bonchev–Trinajstić information content (AvgIpc) is 3.63. The standard InChI is InChI=1S/C23H42N6O4.ClH/c1-3-5-11-26-19(22(32)29(18-8-9-18)13-10-21(31)33-4-2)14-20(30)27-15-17-7-6-12-28(16-17)23(24)25;/h17-19,26H,3-16H2,1-2H3,(H3,24,25)(H,27,30);1H/t17-,19-;/m0./s1. The molecule has 34 heavy (non-hydrogen) atoms. The third kappa shape index (κ3) is 10.5. The molecule has 1 aliphatic carbocycles. The van der Waals surface area contributed by atoms with Gasteiger partial charge in [-0.1, -0.05) is 13.3 Å². The number of ether oxygens (including phenoxy) is 1. The van der Waals surface area contributed by atoms with E-state index in [4.69, 9.17) is 15.9 Å². The van der Waals surface area contributed by atoms with Crippen LogP contribution >= 0.6 is 12.4 Å². The number of hydrogen-bond donors (Lipinski definition) is 4. The van der Waals surface area contributed by atoms with Gasteiger partial charge < -0.3 is 30.9 Å². The number of guanidine groups is 1. The highest BCUT2D eigenvalue weighted by Crippen LogP contribution is 2.28. The lowest BCUT2D eigenvalue weighted by Crippen LogP contribution is -2.51. The number of unbranched alkanes of at least 4 members (excludes halogenated alkanes) is 1. The van der Waals surface area contributed by atoms with E-state index >= 15 is 0 Å². The highest BCUT2D eigenvalue weighted by atomic mass is 35.5. The Morgan fingerprint density at radius 2 is 1.97 bits per heavy atom. The van der Waals surface area contributed by atoms with Crippen LogP contribution in [0, 0.1) is 11.3 Å². The van der Waals surface area contributed by atoms with Crippen molar-refractivity contribution >= 4 is 36.2 Å². The number of carbonyl (C=O) groups excluding carboxylic acids is 3. The first-order chi connectivity index (χ1) is 15.8. The second-order valence-electron chi connectivity index (χ2n) is 9.03. The third-order valence-corrected chi connectivity index (χ3v) is 6.19. The Morgan fingerprint density at radius 3 is 2.59 bits per heavy atom. The van der Waals surface area contributed by atoms with Crippen LogP contribution < -0.4 is 16.4 Å². The molecule has 2 fully saturated rings. The van der Waals surface area contributed by atoms with Crippen molar-refractivity contribution in [2.45, 2.75) is 77.3 Å². The van der Waals surface area contributed by atoms with E-state index in [0.29, 0.717) is 32.8 Å². The van der Waals surface area contributed by atoms with Crippen molar-refractivity contribution in [2.75, 3.05) is 39.3 Å². The minimum Gasteiger partial charge on any atom is -0.466 e. The highest BCUT2D eigenvalue weighted by Gasteiger charge is 2.36. The van der Waals surface area contributed by atoms with Crippen LogP contribution in [-0.2, 0) is 19.1 Å². The number of rotatable bonds is 14. The molecular formula is C23H43ClN6O4. The summed E-state index contributed by atoms with van der Waals surface area (Å²) in [5.74, 6) is -0.288. The molecule has 0 unspecified atom stereocenters. The summed E-state index contributed by atoms with van der Waals surface area (Å²) >= 11 is 0. The smallest absolute Gasteiger partial charge is 0.307 e. The molecule has 1 aliphatic heterocycles. The molecule has 1 heterocycles. The zero-order valence-corrected chi connectivity index (χ0v) is 21.5. The van der Waals surface area contributed by atoms with Crippen molar-refractivity contribution in [3.63, 3.8) is 0 Å². The first kappa shape index (κ1) is 30.0. The van der Waals surface area contributed by atoms with Gasteiger partial charge in [0.2, 0.25) is 11.8 Å². The van der Waals surface area contributed by atoms with Gasteiger partial charge in [0.25, 0.3) is 0 Å². The second kappa shape index (κ2) is 15.8. The number of halogens is 1. The molecule has 2 rings (SSSR count). The van der Waals surface area contributed by atoms with E-state index in [0.717, 1.165) is 45.1 Å². The van der Waals surface area contributed by atoms with Crippen molar-refractivity contribution < 1.29 is 19.1 Å². The molecule has 0 radical (unpaired) electrons. The van der Waals surface area contributed by atoms with Gasteiger partial charge in [-0.2, -0.15) is 0 Å². The molecule has 0 aromatic rings. The normalized spacial score (nSPS) is 18.4. The molecule has 2 atom stereocenters. The number of hydrogen-bond acceptors (Lipinski definition) is 6. The second-order valence-corrected chi connectivity index (χ2v) is 9.03. The summed E-state index contributed by atoms with van der Waals surface area (Å²) in [6, 6.07) is -0.468. The molecule has 2 aliphatic rings. The molecule has 1 saturated carbocycles. The van der Waals surface area contributed by atoms with Gasteiger partial charge in [-0.3, -0.25) is 19.8 Å². The quantitative estimate of drug-likeness (QED) is 0.121. The summed E-state index contributed by atoms with van der Waals surface area (Å²) in [5, 5.41) is 13.9. The van der Waals surface area contributed by atoms with Crippen LogP contribution in [-0.4, -0.2) is 85.0 Å². The molecule has 5 N–H and O–H groups in total. The zero-order chi connectivity index (χ0) is 24.2. The monoisotopic (exact) mass is 502 g/mol. The summed E-state index contributed by atoms with van der Waals surface area (Å²) in [6.07, 6.45) is 5.91. The number of carbonyl (C=O) groups is 3. The number of piperidine rings is 1. The topological polar surface area (TPSA) is 141 Å². The summed E-state index contributed by atoms with van der Waals surface area (Å²) in [7, 11) is 0. The molecule has 10 nitrogen and oxygen atoms in total. The zero-order valence-electron chi connectivity index (χ0n) is 20.6. The maximum Gasteiger partial charge on any atom is 0.307 e. The lowest BCUT2D eigenvalue weighted by atomic mass is 9.98. The van der Waals surface area contributed by atoms with Crippen molar-refractivity contribution in [1.82, 2.24) is 20.4 Å². The van der Waals surface area contributed by atoms with E-state index in [9.17, 15) is 14.4 Å². The van der Waals surface area contributed by atoms with E-state index < -0.39 is 6.04 Å². The van der Waals surface area contributed by atoms with Gasteiger partial charge in [-0.25, -0.2) is 0 Å². The number of nitrogens with one attached hydrogen (secondary N) is 3. The van der Waals surface area contributed by atoms with Gasteiger partial charge >= 0.3 is 5.97 Å². The Hall–Kier alpha value is -2.07. The average molecular weight is 503 g/mol. The summed E-state index contributed by atoms with van der Waals surface area (Å²) in [5.41, 5.74) is 5.60. The lowest BCUT2D eigenvalue weighted by molar-refractivity contribution is -0.144. The molecule has 0 aromatic carbocycles. The van der Waals surface area contributed by atoms with Crippen molar-refractivity contribution in [3.05, 3.63) is 0 Å². The largest absolute Gasteiger partial charge is 0.466 e. The SMILES string of the molecule is CCCCN[C@@H](CC(=O)NC[C@@H]1CCCN(C(=N)N)C1)C(=O)N(CCC(=O)OCC)C1CC1.Cl. The van der Waals surface area contributed by atoms with Gasteiger partial charge in [0.15, 0.2) is 5.96 Å². The number of nitrogens with zero attached hydrogens (tertiary/aromatic N) is 2. The maximum absolute atomic E-state index is 13.3. The van der Waals surface area contributed by atoms with Gasteiger partial charge in [0, 0.05) is 32.2 Å². The van der Waals surface area contributed by atoms with Crippen molar-refractivity contribution in [2.24, 2.45) is 11.7 Å². The van der Waals surface area contributed by atoms with Crippen molar-refractivity contribution in [1.29, 1.82) is 5.41 Å². The molecule has 196 valence electrons. The third-order valence-electron chi connectivity index (χ3n) is 6.19. The lowest BCUT2D eigenvalue weighted by Gasteiger charge is -2.33. The van der Waals surface area contributed by atoms with Crippen LogP contribution in [0.25, 0.3) is 0 Å². The molecule has 11 heteroatoms. The Balaban J connectivity index is 0.00000578. The first-order valence-electron chi connectivity index (χ1n) is 12.4. The minimum absolute atomic E-state index is 0. The Labute approximate surface area is 209 Å². The van der Waals surface area contributed by atoms with Gasteiger partial charge in [-0.05, 0) is 51.5 Å². The van der Waals surface area contributed by atoms with E-state index in [1.54, 1.807) is 11.8 Å². The Bertz CT molecular complexity index is 676. The van der Waals surface area contributed by atoms with E-state index in [1.165, 1.54) is 0 Å². The fourth-order valence-corrected chi connectivity index (χ4v) is 4.17. The number of likely N-dealkylation sites (tertiary alicyclic amines) is 1. The maximum atomic E-state index is 13.3. The van der Waals surface area contributed by atoms with Crippen molar-refractivity contribution in [3.8, 4) is 0 Å².